The second-order valence-corrected chi connectivity index (χ2v) is 9.42. The van der Waals surface area contributed by atoms with Gasteiger partial charge in [-0.05, 0) is 68.1 Å². The molecule has 0 unspecified atom stereocenters. The first kappa shape index (κ1) is 22.8. The van der Waals surface area contributed by atoms with Crippen molar-refractivity contribution in [2.75, 3.05) is 7.05 Å². The number of phenols is 1. The minimum Gasteiger partial charge on any atom is -0.508 e. The van der Waals surface area contributed by atoms with E-state index >= 15 is 0 Å². The van der Waals surface area contributed by atoms with Crippen LogP contribution in [0.4, 0.5) is 0 Å². The van der Waals surface area contributed by atoms with Crippen LogP contribution in [0.3, 0.4) is 0 Å². The van der Waals surface area contributed by atoms with Gasteiger partial charge in [0.1, 0.15) is 5.75 Å². The summed E-state index contributed by atoms with van der Waals surface area (Å²) in [6.45, 7) is 4.19. The van der Waals surface area contributed by atoms with Crippen molar-refractivity contribution in [1.82, 2.24) is 4.90 Å². The number of allylic oxidation sites excluding steroid dienone is 2. The quantitative estimate of drug-likeness (QED) is 0.402. The van der Waals surface area contributed by atoms with E-state index in [-0.39, 0.29) is 41.4 Å². The van der Waals surface area contributed by atoms with Crippen LogP contribution in [-0.2, 0) is 14.2 Å². The molecule has 2 aliphatic heterocycles. The van der Waals surface area contributed by atoms with Gasteiger partial charge in [-0.15, -0.1) is 0 Å². The molecule has 7 heteroatoms. The van der Waals surface area contributed by atoms with E-state index < -0.39 is 7.12 Å². The van der Waals surface area contributed by atoms with Crippen molar-refractivity contribution < 1.29 is 24.4 Å². The predicted octanol–water partition coefficient (Wildman–Crippen LogP) is 3.80. The molecule has 4 atom stereocenters. The van der Waals surface area contributed by atoms with Gasteiger partial charge >= 0.3 is 7.12 Å². The topological polar surface area (TPSA) is 87.1 Å². The van der Waals surface area contributed by atoms with E-state index in [9.17, 15) is 19.7 Å². The Morgan fingerprint density at radius 2 is 1.94 bits per heavy atom. The Morgan fingerprint density at radius 1 is 1.22 bits per heavy atom. The number of nitrogens with zero attached hydrogens (tertiary/aromatic N) is 1. The zero-order valence-electron chi connectivity index (χ0n) is 19.1. The molecule has 2 heterocycles. The van der Waals surface area contributed by atoms with Gasteiger partial charge in [-0.3, -0.25) is 14.5 Å². The number of amides is 2. The Balaban J connectivity index is 1.58. The number of rotatable bonds is 6. The first-order chi connectivity index (χ1) is 15.3. The van der Waals surface area contributed by atoms with Crippen LogP contribution in [0.1, 0.15) is 51.5 Å². The van der Waals surface area contributed by atoms with Gasteiger partial charge in [0.15, 0.2) is 0 Å². The lowest BCUT2D eigenvalue weighted by Gasteiger charge is -2.43. The lowest BCUT2D eigenvalue weighted by Crippen LogP contribution is -2.46. The number of hydrogen-bond acceptors (Lipinski definition) is 5. The highest BCUT2D eigenvalue weighted by Crippen LogP contribution is 2.51. The van der Waals surface area contributed by atoms with Gasteiger partial charge < -0.3 is 14.8 Å². The van der Waals surface area contributed by atoms with E-state index in [2.05, 4.69) is 19.9 Å². The van der Waals surface area contributed by atoms with Gasteiger partial charge in [0.05, 0.1) is 17.9 Å². The molecule has 4 rings (SSSR count). The van der Waals surface area contributed by atoms with Gasteiger partial charge in [-0.25, -0.2) is 0 Å². The summed E-state index contributed by atoms with van der Waals surface area (Å²) in [5.41, 5.74) is 4.60. The standard InChI is InChI=1S/C25H32BNO5/c1-4-5-17-13-19-23(25(30)27(3)24(19)29)20-14-26(31)32-21(22(17)20)11-6-15(2)12-16-7-9-18(28)10-8-16/h7-10,12,19-21,23,28,31H,4-6,11,13-14H2,1-3H3/b15-12+/t19-,20+,21-,23-/m1/s1. The molecule has 2 amide bonds. The predicted molar refractivity (Wildman–Crippen MR) is 123 cm³/mol. The number of benzene rings is 1. The molecule has 0 aromatic heterocycles. The van der Waals surface area contributed by atoms with Crippen LogP contribution < -0.4 is 0 Å². The Bertz CT molecular complexity index is 954. The van der Waals surface area contributed by atoms with Gasteiger partial charge in [0.2, 0.25) is 11.8 Å². The number of carbonyl (C=O) groups excluding carboxylic acids is 2. The van der Waals surface area contributed by atoms with Crippen molar-refractivity contribution in [2.45, 2.75) is 58.4 Å². The van der Waals surface area contributed by atoms with Gasteiger partial charge in [-0.1, -0.05) is 42.7 Å². The Kier molecular flexibility index (Phi) is 6.58. The molecule has 3 aliphatic rings. The highest BCUT2D eigenvalue weighted by Gasteiger charge is 2.56. The molecule has 6 nitrogen and oxygen atoms in total. The number of likely N-dealkylation sites (tertiary alicyclic amines) is 1. The maximum absolute atomic E-state index is 12.9. The molecule has 0 spiro atoms. The molecule has 2 N–H and O–H groups in total. The van der Waals surface area contributed by atoms with Crippen LogP contribution in [0.15, 0.2) is 41.0 Å². The van der Waals surface area contributed by atoms with E-state index in [1.54, 1.807) is 19.2 Å². The van der Waals surface area contributed by atoms with Crippen LogP contribution in [0.2, 0.25) is 6.32 Å². The minimum absolute atomic E-state index is 0.0853. The van der Waals surface area contributed by atoms with Gasteiger partial charge in [0, 0.05) is 7.05 Å². The maximum Gasteiger partial charge on any atom is 0.455 e. The first-order valence-electron chi connectivity index (χ1n) is 11.6. The number of phenolic OH excluding ortho intramolecular Hbond substituents is 1. The molecule has 1 aromatic rings. The molecular formula is C25H32BNO5. The fourth-order valence-electron chi connectivity index (χ4n) is 5.75. The molecule has 1 aliphatic carbocycles. The van der Waals surface area contributed by atoms with Crippen LogP contribution in [0, 0.1) is 17.8 Å². The molecule has 0 bridgehead atoms. The summed E-state index contributed by atoms with van der Waals surface area (Å²) in [6, 6.07) is 7.08. The molecule has 0 radical (unpaired) electrons. The fraction of sp³-hybridized carbons (Fsp3) is 0.520. The summed E-state index contributed by atoms with van der Waals surface area (Å²) in [4.78, 5) is 26.9. The number of carbonyl (C=O) groups is 2. The van der Waals surface area contributed by atoms with Crippen LogP contribution in [0.25, 0.3) is 6.08 Å². The van der Waals surface area contributed by atoms with Crippen LogP contribution >= 0.6 is 0 Å². The van der Waals surface area contributed by atoms with Crippen molar-refractivity contribution in [3.05, 3.63) is 46.5 Å². The van der Waals surface area contributed by atoms with Gasteiger partial charge in [-0.2, -0.15) is 0 Å². The molecule has 2 fully saturated rings. The van der Waals surface area contributed by atoms with E-state index in [4.69, 9.17) is 4.65 Å². The molecule has 170 valence electrons. The van der Waals surface area contributed by atoms with Crippen LogP contribution in [0.5, 0.6) is 5.75 Å². The SMILES string of the molecule is CCCC1=C2[C@@H](CC/C(C)=C/c3ccc(O)cc3)OB(O)C[C@@H]2[C@@H]2C(=O)N(C)C(=O)[C@@H]2C1. The summed E-state index contributed by atoms with van der Waals surface area (Å²) in [5, 5.41) is 20.0. The van der Waals surface area contributed by atoms with E-state index in [1.807, 2.05) is 12.1 Å². The zero-order valence-corrected chi connectivity index (χ0v) is 19.1. The number of fused-ring (bicyclic) bond motifs is 3. The van der Waals surface area contributed by atoms with Crippen molar-refractivity contribution in [3.63, 3.8) is 0 Å². The van der Waals surface area contributed by atoms with Crippen molar-refractivity contribution in [1.29, 1.82) is 0 Å². The summed E-state index contributed by atoms with van der Waals surface area (Å²) in [6.07, 6.45) is 6.19. The van der Waals surface area contributed by atoms with Crippen molar-refractivity contribution in [2.24, 2.45) is 17.8 Å². The zero-order chi connectivity index (χ0) is 23.0. The lowest BCUT2D eigenvalue weighted by atomic mass is 9.58. The van der Waals surface area contributed by atoms with E-state index in [0.29, 0.717) is 19.2 Å². The number of hydrogen-bond donors (Lipinski definition) is 2. The molecule has 1 aromatic carbocycles. The third-order valence-electron chi connectivity index (χ3n) is 7.19. The minimum atomic E-state index is -0.925. The van der Waals surface area contributed by atoms with E-state index in [0.717, 1.165) is 30.4 Å². The summed E-state index contributed by atoms with van der Waals surface area (Å²) in [7, 11) is 0.651. The average molecular weight is 437 g/mol. The third-order valence-corrected chi connectivity index (χ3v) is 7.19. The molecular weight excluding hydrogens is 405 g/mol. The highest BCUT2D eigenvalue weighted by molar-refractivity contribution is 6.43. The maximum atomic E-state index is 12.9. The smallest absolute Gasteiger partial charge is 0.455 e. The fourth-order valence-corrected chi connectivity index (χ4v) is 5.75. The van der Waals surface area contributed by atoms with Crippen molar-refractivity contribution in [3.8, 4) is 5.75 Å². The van der Waals surface area contributed by atoms with Crippen LogP contribution in [-0.4, -0.2) is 47.1 Å². The van der Waals surface area contributed by atoms with Crippen molar-refractivity contribution >= 4 is 25.0 Å². The summed E-state index contributed by atoms with van der Waals surface area (Å²) < 4.78 is 6.01. The third kappa shape index (κ3) is 4.28. The number of aromatic hydroxyl groups is 1. The molecule has 32 heavy (non-hydrogen) atoms. The second kappa shape index (κ2) is 9.24. The average Bonchev–Trinajstić information content (AvgIpc) is 2.97. The summed E-state index contributed by atoms with van der Waals surface area (Å²) >= 11 is 0. The molecule has 0 saturated carbocycles. The normalized spacial score (nSPS) is 28.3. The second-order valence-electron chi connectivity index (χ2n) is 9.42. The monoisotopic (exact) mass is 437 g/mol. The molecule has 2 saturated heterocycles. The lowest BCUT2D eigenvalue weighted by molar-refractivity contribution is -0.138. The van der Waals surface area contributed by atoms with E-state index in [1.165, 1.54) is 16.0 Å². The Morgan fingerprint density at radius 3 is 2.62 bits per heavy atom. The summed E-state index contributed by atoms with van der Waals surface area (Å²) in [5.74, 6) is -0.770. The first-order valence-corrected chi connectivity index (χ1v) is 11.6. The van der Waals surface area contributed by atoms with Gasteiger partial charge in [0.25, 0.3) is 0 Å². The number of imide groups is 1. The largest absolute Gasteiger partial charge is 0.508 e. The highest BCUT2D eigenvalue weighted by atomic mass is 16.5. The Labute approximate surface area is 190 Å². The Hall–Kier alpha value is -2.38.